The molecule has 2 aromatic carbocycles. The third-order valence-electron chi connectivity index (χ3n) is 6.86. The zero-order valence-electron chi connectivity index (χ0n) is 20.1. The van der Waals surface area contributed by atoms with Crippen molar-refractivity contribution in [3.63, 3.8) is 0 Å². The number of benzene rings is 2. The summed E-state index contributed by atoms with van der Waals surface area (Å²) in [6, 6.07) is 21.1. The second-order valence-electron chi connectivity index (χ2n) is 10.1. The fourth-order valence-corrected chi connectivity index (χ4v) is 5.11. The van der Waals surface area contributed by atoms with Gasteiger partial charge in [0.15, 0.2) is 0 Å². The summed E-state index contributed by atoms with van der Waals surface area (Å²) in [5.74, 6) is 0.215. The molecule has 0 spiro atoms. The van der Waals surface area contributed by atoms with Crippen LogP contribution in [0, 0.1) is 0 Å². The summed E-state index contributed by atoms with van der Waals surface area (Å²) in [6.45, 7) is 6.65. The van der Waals surface area contributed by atoms with Crippen LogP contribution in [0.25, 0.3) is 11.3 Å². The molecule has 1 N–H and O–H groups in total. The molecule has 1 saturated heterocycles. The molecule has 2 atom stereocenters. The number of aromatic nitrogens is 2. The van der Waals surface area contributed by atoms with Crippen LogP contribution in [0.1, 0.15) is 51.5 Å². The highest BCUT2D eigenvalue weighted by Gasteiger charge is 2.45. The number of amides is 1. The predicted octanol–water partition coefficient (Wildman–Crippen LogP) is 4.24. The van der Waals surface area contributed by atoms with Gasteiger partial charge in [-0.05, 0) is 31.7 Å². The predicted molar refractivity (Wildman–Crippen MR) is 133 cm³/mol. The van der Waals surface area contributed by atoms with Crippen molar-refractivity contribution in [1.82, 2.24) is 14.5 Å². The zero-order chi connectivity index (χ0) is 24.3. The van der Waals surface area contributed by atoms with Crippen molar-refractivity contribution in [2.75, 3.05) is 6.54 Å². The Balaban J connectivity index is 1.44. The molecule has 1 fully saturated rings. The van der Waals surface area contributed by atoms with Gasteiger partial charge in [-0.3, -0.25) is 14.2 Å². The number of aliphatic hydroxyl groups is 1. The van der Waals surface area contributed by atoms with Gasteiger partial charge < -0.3 is 10.0 Å². The van der Waals surface area contributed by atoms with Gasteiger partial charge in [0, 0.05) is 36.6 Å². The standard InChI is InChI=1S/C28H33N3O3/c1-21(22-10-6-4-7-11-22)16-26(33)31-15-14-28(34,18-27(31,2)3)19-30-20-29-24(17-25(30)32)23-12-8-5-9-13-23/h4-13,17,20-21,34H,14-16,18-19H2,1-3H3/t21-,28-/m1/s1. The lowest BCUT2D eigenvalue weighted by Crippen LogP contribution is -2.59. The van der Waals surface area contributed by atoms with Gasteiger partial charge in [-0.15, -0.1) is 0 Å². The van der Waals surface area contributed by atoms with Crippen molar-refractivity contribution in [2.45, 2.75) is 63.6 Å². The third kappa shape index (κ3) is 5.28. The van der Waals surface area contributed by atoms with Gasteiger partial charge in [0.2, 0.25) is 5.91 Å². The molecule has 0 radical (unpaired) electrons. The van der Waals surface area contributed by atoms with Crippen LogP contribution in [0.15, 0.2) is 77.9 Å². The molecule has 0 bridgehead atoms. The van der Waals surface area contributed by atoms with Gasteiger partial charge in [-0.2, -0.15) is 0 Å². The number of carbonyl (C=O) groups excluding carboxylic acids is 1. The molecule has 0 unspecified atom stereocenters. The largest absolute Gasteiger partial charge is 0.388 e. The maximum absolute atomic E-state index is 13.2. The van der Waals surface area contributed by atoms with Crippen LogP contribution in [0.4, 0.5) is 0 Å². The van der Waals surface area contributed by atoms with E-state index in [1.807, 2.05) is 79.4 Å². The average molecular weight is 460 g/mol. The molecule has 3 aromatic rings. The van der Waals surface area contributed by atoms with Crippen molar-refractivity contribution in [3.8, 4) is 11.3 Å². The SMILES string of the molecule is C[C@H](CC(=O)N1CC[C@](O)(Cn2cnc(-c3ccccc3)cc2=O)CC1(C)C)c1ccccc1. The maximum Gasteiger partial charge on any atom is 0.253 e. The van der Waals surface area contributed by atoms with Crippen LogP contribution < -0.4 is 5.56 Å². The second kappa shape index (κ2) is 9.55. The third-order valence-corrected chi connectivity index (χ3v) is 6.86. The molecule has 2 heterocycles. The van der Waals surface area contributed by atoms with Gasteiger partial charge in [-0.1, -0.05) is 67.6 Å². The summed E-state index contributed by atoms with van der Waals surface area (Å²) < 4.78 is 1.47. The fourth-order valence-electron chi connectivity index (χ4n) is 5.11. The van der Waals surface area contributed by atoms with Crippen molar-refractivity contribution in [1.29, 1.82) is 0 Å². The first-order chi connectivity index (χ1) is 16.2. The molecule has 1 amide bonds. The minimum absolute atomic E-state index is 0.0921. The van der Waals surface area contributed by atoms with Crippen LogP contribution in [0.5, 0.6) is 0 Å². The average Bonchev–Trinajstić information content (AvgIpc) is 2.80. The number of hydrogen-bond donors (Lipinski definition) is 1. The Morgan fingerprint density at radius 2 is 1.74 bits per heavy atom. The minimum atomic E-state index is -1.09. The number of carbonyl (C=O) groups is 1. The van der Waals surface area contributed by atoms with E-state index in [-0.39, 0.29) is 23.9 Å². The van der Waals surface area contributed by atoms with E-state index in [9.17, 15) is 14.7 Å². The monoisotopic (exact) mass is 459 g/mol. The molecular formula is C28H33N3O3. The minimum Gasteiger partial charge on any atom is -0.388 e. The van der Waals surface area contributed by atoms with Gasteiger partial charge in [-0.25, -0.2) is 4.98 Å². The van der Waals surface area contributed by atoms with Crippen molar-refractivity contribution in [3.05, 3.63) is 89.0 Å². The summed E-state index contributed by atoms with van der Waals surface area (Å²) in [5, 5.41) is 11.4. The summed E-state index contributed by atoms with van der Waals surface area (Å²) in [5.41, 5.74) is 0.820. The molecule has 6 nitrogen and oxygen atoms in total. The molecule has 6 heteroatoms. The molecule has 178 valence electrons. The first-order valence-electron chi connectivity index (χ1n) is 11.9. The van der Waals surface area contributed by atoms with E-state index in [1.165, 1.54) is 17.0 Å². The first-order valence-corrected chi connectivity index (χ1v) is 11.9. The Labute approximate surface area is 200 Å². The highest BCUT2D eigenvalue weighted by molar-refractivity contribution is 5.78. The molecule has 0 aliphatic carbocycles. The van der Waals surface area contributed by atoms with Gasteiger partial charge >= 0.3 is 0 Å². The van der Waals surface area contributed by atoms with Crippen LogP contribution in [0.2, 0.25) is 0 Å². The quantitative estimate of drug-likeness (QED) is 0.598. The van der Waals surface area contributed by atoms with Crippen LogP contribution in [-0.4, -0.2) is 43.1 Å². The molecular weight excluding hydrogens is 426 g/mol. The van der Waals surface area contributed by atoms with E-state index in [4.69, 9.17) is 0 Å². The molecule has 0 saturated carbocycles. The smallest absolute Gasteiger partial charge is 0.253 e. The normalized spacial score (nSPS) is 20.6. The highest BCUT2D eigenvalue weighted by Crippen LogP contribution is 2.36. The van der Waals surface area contributed by atoms with E-state index in [2.05, 4.69) is 11.9 Å². The van der Waals surface area contributed by atoms with Crippen molar-refractivity contribution >= 4 is 5.91 Å². The Morgan fingerprint density at radius 1 is 1.09 bits per heavy atom. The number of likely N-dealkylation sites (tertiary alicyclic amines) is 1. The molecule has 4 rings (SSSR count). The van der Waals surface area contributed by atoms with Gasteiger partial charge in [0.05, 0.1) is 24.2 Å². The Morgan fingerprint density at radius 3 is 2.35 bits per heavy atom. The van der Waals surface area contributed by atoms with Crippen LogP contribution in [-0.2, 0) is 11.3 Å². The number of hydrogen-bond acceptors (Lipinski definition) is 4. The van der Waals surface area contributed by atoms with Gasteiger partial charge in [0.1, 0.15) is 0 Å². The zero-order valence-corrected chi connectivity index (χ0v) is 20.1. The molecule has 34 heavy (non-hydrogen) atoms. The lowest BCUT2D eigenvalue weighted by molar-refractivity contribution is -0.148. The lowest BCUT2D eigenvalue weighted by Gasteiger charge is -2.49. The maximum atomic E-state index is 13.2. The fraction of sp³-hybridized carbons (Fsp3) is 0.393. The highest BCUT2D eigenvalue weighted by atomic mass is 16.3. The van der Waals surface area contributed by atoms with Gasteiger partial charge in [0.25, 0.3) is 5.56 Å². The molecule has 1 aliphatic heterocycles. The van der Waals surface area contributed by atoms with E-state index in [0.717, 1.165) is 11.1 Å². The van der Waals surface area contributed by atoms with Crippen molar-refractivity contribution in [2.24, 2.45) is 0 Å². The lowest BCUT2D eigenvalue weighted by atomic mass is 9.78. The summed E-state index contributed by atoms with van der Waals surface area (Å²) in [7, 11) is 0. The molecule has 1 aromatic heterocycles. The van der Waals surface area contributed by atoms with E-state index < -0.39 is 11.1 Å². The number of nitrogens with zero attached hydrogens (tertiary/aromatic N) is 3. The van der Waals surface area contributed by atoms with E-state index in [1.54, 1.807) is 0 Å². The Hall–Kier alpha value is -3.25. The van der Waals surface area contributed by atoms with E-state index >= 15 is 0 Å². The Kier molecular flexibility index (Phi) is 6.71. The Bertz CT molecular complexity index is 1190. The van der Waals surface area contributed by atoms with Crippen molar-refractivity contribution < 1.29 is 9.90 Å². The van der Waals surface area contributed by atoms with Crippen LogP contribution in [0.3, 0.4) is 0 Å². The first kappa shape index (κ1) is 23.9. The number of piperidine rings is 1. The summed E-state index contributed by atoms with van der Waals surface area (Å²) in [4.78, 5) is 32.3. The molecule has 1 aliphatic rings. The second-order valence-corrected chi connectivity index (χ2v) is 10.1. The topological polar surface area (TPSA) is 75.4 Å². The number of rotatable bonds is 6. The van der Waals surface area contributed by atoms with E-state index in [0.29, 0.717) is 31.5 Å². The van der Waals surface area contributed by atoms with Crippen LogP contribution >= 0.6 is 0 Å². The summed E-state index contributed by atoms with van der Waals surface area (Å²) in [6.07, 6.45) is 2.73. The summed E-state index contributed by atoms with van der Waals surface area (Å²) >= 11 is 0.